The standard InChI is InChI=1S/C21H22F2N6.2H2/c1-2-29-19-11-13(3-5-18(19)27-28-29)15-4-6-17-16(15)12-24-20(26-17)25-14-7-9-21(22,23)10-8-14;;/h3-5,11-12,14H,2,6-10H2,1H3,(H,24,25,26);2*1H. The predicted octanol–water partition coefficient (Wildman–Crippen LogP) is 4.71. The summed E-state index contributed by atoms with van der Waals surface area (Å²) in [7, 11) is 0. The molecule has 6 nitrogen and oxygen atoms in total. The predicted molar refractivity (Wildman–Crippen MR) is 111 cm³/mol. The second-order valence-corrected chi connectivity index (χ2v) is 7.76. The van der Waals surface area contributed by atoms with Crippen molar-refractivity contribution >= 4 is 22.6 Å². The third-order valence-electron chi connectivity index (χ3n) is 5.83. The molecule has 2 aliphatic rings. The van der Waals surface area contributed by atoms with E-state index in [2.05, 4.69) is 37.7 Å². The molecule has 2 heterocycles. The first-order chi connectivity index (χ1) is 14.0. The lowest BCUT2D eigenvalue weighted by atomic mass is 9.92. The molecule has 29 heavy (non-hydrogen) atoms. The van der Waals surface area contributed by atoms with Gasteiger partial charge in [-0.3, -0.25) is 0 Å². The Bertz CT molecular complexity index is 1100. The molecule has 5 rings (SSSR count). The fourth-order valence-corrected chi connectivity index (χ4v) is 4.18. The summed E-state index contributed by atoms with van der Waals surface area (Å²) >= 11 is 0. The number of halogens is 2. The molecule has 0 aliphatic heterocycles. The summed E-state index contributed by atoms with van der Waals surface area (Å²) < 4.78 is 28.6. The smallest absolute Gasteiger partial charge is 0.248 e. The van der Waals surface area contributed by atoms with Crippen LogP contribution < -0.4 is 5.32 Å². The van der Waals surface area contributed by atoms with Gasteiger partial charge in [-0.15, -0.1) is 5.10 Å². The van der Waals surface area contributed by atoms with Crippen LogP contribution in [0.2, 0.25) is 0 Å². The van der Waals surface area contributed by atoms with E-state index in [1.807, 2.05) is 29.9 Å². The van der Waals surface area contributed by atoms with Crippen molar-refractivity contribution in [2.45, 2.75) is 57.5 Å². The maximum atomic E-state index is 13.3. The molecule has 1 aromatic carbocycles. The lowest BCUT2D eigenvalue weighted by Crippen LogP contribution is -2.32. The first kappa shape index (κ1) is 18.1. The van der Waals surface area contributed by atoms with E-state index in [0.717, 1.165) is 46.4 Å². The molecule has 0 spiro atoms. The number of fused-ring (bicyclic) bond motifs is 2. The number of aromatic nitrogens is 5. The van der Waals surface area contributed by atoms with E-state index in [4.69, 9.17) is 0 Å². The van der Waals surface area contributed by atoms with Crippen molar-refractivity contribution < 1.29 is 11.6 Å². The molecule has 0 atom stereocenters. The number of alkyl halides is 2. The number of nitrogens with one attached hydrogen (secondary N) is 1. The van der Waals surface area contributed by atoms with Gasteiger partial charge in [0.05, 0.1) is 11.2 Å². The van der Waals surface area contributed by atoms with E-state index in [1.165, 1.54) is 0 Å². The molecule has 0 unspecified atom stereocenters. The maximum absolute atomic E-state index is 13.3. The number of anilines is 1. The monoisotopic (exact) mass is 400 g/mol. The van der Waals surface area contributed by atoms with Crippen LogP contribution in [0.15, 0.2) is 30.5 Å². The SMILES string of the molecule is CCn1nnc2ccc(C3=CCc4nc(NC5CCC(F)(F)CC5)ncc43)cc21.[HH].[HH]. The van der Waals surface area contributed by atoms with Crippen molar-refractivity contribution in [3.05, 3.63) is 47.3 Å². The van der Waals surface area contributed by atoms with Gasteiger partial charge in [0.1, 0.15) is 5.52 Å². The van der Waals surface area contributed by atoms with Gasteiger partial charge in [0.25, 0.3) is 0 Å². The average Bonchev–Trinajstić information content (AvgIpc) is 3.32. The molecule has 1 saturated carbocycles. The fourth-order valence-electron chi connectivity index (χ4n) is 4.18. The second-order valence-electron chi connectivity index (χ2n) is 7.76. The van der Waals surface area contributed by atoms with Gasteiger partial charge < -0.3 is 5.32 Å². The molecule has 0 radical (unpaired) electrons. The summed E-state index contributed by atoms with van der Waals surface area (Å²) in [4.78, 5) is 9.12. The van der Waals surface area contributed by atoms with Gasteiger partial charge in [0.2, 0.25) is 11.9 Å². The Morgan fingerprint density at radius 2 is 2.10 bits per heavy atom. The van der Waals surface area contributed by atoms with Gasteiger partial charge in [0.15, 0.2) is 0 Å². The van der Waals surface area contributed by atoms with Crippen LogP contribution in [0.3, 0.4) is 0 Å². The highest BCUT2D eigenvalue weighted by molar-refractivity contribution is 5.88. The molecule has 1 N–H and O–H groups in total. The molecule has 8 heteroatoms. The Hall–Kier alpha value is -2.90. The van der Waals surface area contributed by atoms with Crippen LogP contribution in [0.25, 0.3) is 16.6 Å². The minimum Gasteiger partial charge on any atom is -0.351 e. The van der Waals surface area contributed by atoms with Crippen LogP contribution >= 0.6 is 0 Å². The van der Waals surface area contributed by atoms with E-state index in [-0.39, 0.29) is 21.7 Å². The van der Waals surface area contributed by atoms with E-state index in [1.54, 1.807) is 0 Å². The van der Waals surface area contributed by atoms with Crippen LogP contribution in [0, 0.1) is 0 Å². The van der Waals surface area contributed by atoms with E-state index >= 15 is 0 Å². The molecule has 0 amide bonds. The first-order valence-corrected chi connectivity index (χ1v) is 10.1. The van der Waals surface area contributed by atoms with Gasteiger partial charge >= 0.3 is 0 Å². The molecule has 154 valence electrons. The Kier molecular flexibility index (Phi) is 4.29. The second kappa shape index (κ2) is 6.86. The number of rotatable bonds is 4. The third kappa shape index (κ3) is 3.36. The van der Waals surface area contributed by atoms with Crippen LogP contribution in [-0.2, 0) is 13.0 Å². The summed E-state index contributed by atoms with van der Waals surface area (Å²) in [5, 5.41) is 11.6. The Morgan fingerprint density at radius 1 is 1.28 bits per heavy atom. The van der Waals surface area contributed by atoms with E-state index < -0.39 is 5.92 Å². The van der Waals surface area contributed by atoms with E-state index in [0.29, 0.717) is 18.8 Å². The van der Waals surface area contributed by atoms with Crippen molar-refractivity contribution in [3.63, 3.8) is 0 Å². The number of hydrogen-bond acceptors (Lipinski definition) is 5. The summed E-state index contributed by atoms with van der Waals surface area (Å²) in [5.41, 5.74) is 6.05. The zero-order valence-electron chi connectivity index (χ0n) is 16.2. The lowest BCUT2D eigenvalue weighted by molar-refractivity contribution is -0.0361. The topological polar surface area (TPSA) is 68.5 Å². The summed E-state index contributed by atoms with van der Waals surface area (Å²) in [6.07, 6.45) is 5.45. The molecule has 1 fully saturated rings. The normalized spacial score (nSPS) is 18.7. The zero-order valence-corrected chi connectivity index (χ0v) is 16.2. The van der Waals surface area contributed by atoms with Crippen molar-refractivity contribution in [2.24, 2.45) is 0 Å². The lowest BCUT2D eigenvalue weighted by Gasteiger charge is -2.28. The average molecular weight is 400 g/mol. The molecule has 2 aliphatic carbocycles. The number of allylic oxidation sites excluding steroid dienone is 1. The molecular formula is C21H26F2N6. The summed E-state index contributed by atoms with van der Waals surface area (Å²) in [6.45, 7) is 2.81. The van der Waals surface area contributed by atoms with Crippen molar-refractivity contribution in [1.82, 2.24) is 25.0 Å². The van der Waals surface area contributed by atoms with Gasteiger partial charge in [-0.25, -0.2) is 23.4 Å². The van der Waals surface area contributed by atoms with Crippen molar-refractivity contribution in [3.8, 4) is 0 Å². The number of hydrogen-bond donors (Lipinski definition) is 1. The molecule has 0 saturated heterocycles. The zero-order chi connectivity index (χ0) is 20.0. The van der Waals surface area contributed by atoms with Gasteiger partial charge in [-0.1, -0.05) is 17.4 Å². The summed E-state index contributed by atoms with van der Waals surface area (Å²) in [6, 6.07) is 6.14. The minimum atomic E-state index is -2.53. The molecule has 3 aromatic rings. The number of nitrogens with zero attached hydrogens (tertiary/aromatic N) is 5. The molecule has 2 aromatic heterocycles. The van der Waals surface area contributed by atoms with Gasteiger partial charge in [-0.2, -0.15) is 0 Å². The largest absolute Gasteiger partial charge is 0.351 e. The maximum Gasteiger partial charge on any atom is 0.248 e. The molecular weight excluding hydrogens is 374 g/mol. The highest BCUT2D eigenvalue weighted by Crippen LogP contribution is 2.35. The van der Waals surface area contributed by atoms with E-state index in [9.17, 15) is 8.78 Å². The first-order valence-electron chi connectivity index (χ1n) is 10.1. The quantitative estimate of drug-likeness (QED) is 0.687. The van der Waals surface area contributed by atoms with Crippen LogP contribution in [-0.4, -0.2) is 36.9 Å². The van der Waals surface area contributed by atoms with Gasteiger partial charge in [-0.05, 0) is 43.0 Å². The number of aryl methyl sites for hydroxylation is 1. The van der Waals surface area contributed by atoms with Crippen LogP contribution in [0.5, 0.6) is 0 Å². The van der Waals surface area contributed by atoms with Gasteiger partial charge in [0, 0.05) is 46.5 Å². The highest BCUT2D eigenvalue weighted by atomic mass is 19.3. The van der Waals surface area contributed by atoms with Crippen molar-refractivity contribution in [1.29, 1.82) is 0 Å². The fraction of sp³-hybridized carbons (Fsp3) is 0.429. The highest BCUT2D eigenvalue weighted by Gasteiger charge is 2.35. The number of benzene rings is 1. The van der Waals surface area contributed by atoms with Crippen LogP contribution in [0.1, 0.15) is 52.3 Å². The Morgan fingerprint density at radius 3 is 2.90 bits per heavy atom. The Labute approximate surface area is 170 Å². The Balaban J connectivity index is 0.00000136. The molecule has 0 bridgehead atoms. The third-order valence-corrected chi connectivity index (χ3v) is 5.83. The van der Waals surface area contributed by atoms with Crippen LogP contribution in [0.4, 0.5) is 14.7 Å². The van der Waals surface area contributed by atoms with Crippen molar-refractivity contribution in [2.75, 3.05) is 5.32 Å². The summed E-state index contributed by atoms with van der Waals surface area (Å²) in [5.74, 6) is -2.00. The minimum absolute atomic E-state index is 0.